The molecule has 0 radical (unpaired) electrons. The van der Waals surface area contributed by atoms with Crippen LogP contribution >= 0.6 is 0 Å². The van der Waals surface area contributed by atoms with E-state index in [9.17, 15) is 13.2 Å². The second-order valence-electron chi connectivity index (χ2n) is 4.25. The maximum Gasteiger partial charge on any atom is 0.147 e. The quantitative estimate of drug-likeness (QED) is 0.664. The molecule has 0 aromatic rings. The molecule has 1 aliphatic carbocycles. The van der Waals surface area contributed by atoms with Crippen LogP contribution in [-0.2, 0) is 14.6 Å². The average Bonchev–Trinajstić information content (AvgIpc) is 2.85. The molecule has 0 unspecified atom stereocenters. The van der Waals surface area contributed by atoms with Crippen LogP contribution in [0.25, 0.3) is 0 Å². The zero-order chi connectivity index (χ0) is 11.3. The lowest BCUT2D eigenvalue weighted by atomic mass is 10.2. The van der Waals surface area contributed by atoms with Crippen molar-refractivity contribution in [3.05, 3.63) is 0 Å². The van der Waals surface area contributed by atoms with Crippen molar-refractivity contribution in [3.63, 3.8) is 0 Å². The number of carbonyl (C=O) groups is 1. The highest BCUT2D eigenvalue weighted by Crippen LogP contribution is 2.18. The lowest BCUT2D eigenvalue weighted by Crippen LogP contribution is -2.20. The fourth-order valence-electron chi connectivity index (χ4n) is 1.36. The first kappa shape index (κ1) is 12.6. The standard InChI is InChI=1S/C10H19NO3S/c1-15(13,14)8-2-3-10(12)6-7-11-9-4-5-9/h9,11H,2-8H2,1H3. The van der Waals surface area contributed by atoms with E-state index in [-0.39, 0.29) is 11.5 Å². The molecule has 0 aromatic carbocycles. The maximum atomic E-state index is 11.3. The van der Waals surface area contributed by atoms with E-state index in [2.05, 4.69) is 5.32 Å². The summed E-state index contributed by atoms with van der Waals surface area (Å²) in [6.45, 7) is 0.738. The second-order valence-corrected chi connectivity index (χ2v) is 6.51. The summed E-state index contributed by atoms with van der Waals surface area (Å²) >= 11 is 0. The Hall–Kier alpha value is -0.420. The van der Waals surface area contributed by atoms with Gasteiger partial charge in [-0.05, 0) is 19.3 Å². The maximum absolute atomic E-state index is 11.3. The predicted molar refractivity (Wildman–Crippen MR) is 59.6 cm³/mol. The topological polar surface area (TPSA) is 63.2 Å². The molecule has 0 amide bonds. The summed E-state index contributed by atoms with van der Waals surface area (Å²) in [5.41, 5.74) is 0. The summed E-state index contributed by atoms with van der Waals surface area (Å²) in [5, 5.41) is 3.26. The number of Topliss-reactive ketones (excluding diaryl/α,β-unsaturated/α-hetero) is 1. The van der Waals surface area contributed by atoms with Gasteiger partial charge in [0.05, 0.1) is 5.75 Å². The lowest BCUT2D eigenvalue weighted by molar-refractivity contribution is -0.119. The highest BCUT2D eigenvalue weighted by molar-refractivity contribution is 7.90. The number of hydrogen-bond donors (Lipinski definition) is 1. The molecular weight excluding hydrogens is 214 g/mol. The number of hydrogen-bond acceptors (Lipinski definition) is 4. The van der Waals surface area contributed by atoms with Crippen LogP contribution in [0.2, 0.25) is 0 Å². The zero-order valence-corrected chi connectivity index (χ0v) is 9.98. The van der Waals surface area contributed by atoms with Crippen LogP contribution in [0.3, 0.4) is 0 Å². The van der Waals surface area contributed by atoms with E-state index in [1.165, 1.54) is 19.1 Å². The van der Waals surface area contributed by atoms with E-state index in [1.54, 1.807) is 0 Å². The van der Waals surface area contributed by atoms with Crippen molar-refractivity contribution in [1.82, 2.24) is 5.32 Å². The van der Waals surface area contributed by atoms with Gasteiger partial charge in [0.1, 0.15) is 15.6 Å². The van der Waals surface area contributed by atoms with Gasteiger partial charge in [-0.2, -0.15) is 0 Å². The normalized spacial score (nSPS) is 16.6. The van der Waals surface area contributed by atoms with Gasteiger partial charge in [-0.15, -0.1) is 0 Å². The minimum absolute atomic E-state index is 0.120. The van der Waals surface area contributed by atoms with Gasteiger partial charge in [-0.3, -0.25) is 4.79 Å². The third-order valence-corrected chi connectivity index (χ3v) is 3.42. The molecule has 15 heavy (non-hydrogen) atoms. The van der Waals surface area contributed by atoms with Crippen LogP contribution < -0.4 is 5.32 Å². The molecule has 0 heterocycles. The molecule has 1 N–H and O–H groups in total. The highest BCUT2D eigenvalue weighted by atomic mass is 32.2. The first-order valence-electron chi connectivity index (χ1n) is 5.40. The molecular formula is C10H19NO3S. The molecule has 1 rings (SSSR count). The van der Waals surface area contributed by atoms with Crippen molar-refractivity contribution in [3.8, 4) is 0 Å². The van der Waals surface area contributed by atoms with Crippen LogP contribution in [0.5, 0.6) is 0 Å². The van der Waals surface area contributed by atoms with E-state index >= 15 is 0 Å². The fraction of sp³-hybridized carbons (Fsp3) is 0.900. The number of rotatable bonds is 8. The average molecular weight is 233 g/mol. The van der Waals surface area contributed by atoms with Crippen LogP contribution in [0, 0.1) is 0 Å². The van der Waals surface area contributed by atoms with Gasteiger partial charge in [-0.25, -0.2) is 8.42 Å². The largest absolute Gasteiger partial charge is 0.314 e. The first-order valence-corrected chi connectivity index (χ1v) is 7.46. The Labute approximate surface area is 91.4 Å². The van der Waals surface area contributed by atoms with Crippen molar-refractivity contribution in [2.75, 3.05) is 18.6 Å². The van der Waals surface area contributed by atoms with E-state index in [0.29, 0.717) is 25.3 Å². The third kappa shape index (κ3) is 7.50. The summed E-state index contributed by atoms with van der Waals surface area (Å²) < 4.78 is 21.6. The summed E-state index contributed by atoms with van der Waals surface area (Å²) in [4.78, 5) is 11.3. The zero-order valence-electron chi connectivity index (χ0n) is 9.16. The van der Waals surface area contributed by atoms with Gasteiger partial charge in [-0.1, -0.05) is 0 Å². The second kappa shape index (κ2) is 5.61. The number of carbonyl (C=O) groups excluding carboxylic acids is 1. The summed E-state index contributed by atoms with van der Waals surface area (Å²) in [6.07, 6.45) is 5.03. The van der Waals surface area contributed by atoms with E-state index < -0.39 is 9.84 Å². The Kier molecular flexibility index (Phi) is 4.73. The third-order valence-electron chi connectivity index (χ3n) is 2.38. The molecule has 0 atom stereocenters. The van der Waals surface area contributed by atoms with Crippen molar-refractivity contribution in [2.24, 2.45) is 0 Å². The number of sulfone groups is 1. The van der Waals surface area contributed by atoms with Gasteiger partial charge in [0, 0.05) is 31.7 Å². The molecule has 4 nitrogen and oxygen atoms in total. The van der Waals surface area contributed by atoms with Crippen LogP contribution in [0.4, 0.5) is 0 Å². The molecule has 88 valence electrons. The smallest absolute Gasteiger partial charge is 0.147 e. The number of nitrogens with one attached hydrogen (secondary N) is 1. The minimum Gasteiger partial charge on any atom is -0.314 e. The molecule has 1 fully saturated rings. The van der Waals surface area contributed by atoms with Gasteiger partial charge in [0.15, 0.2) is 0 Å². The Morgan fingerprint density at radius 2 is 2.00 bits per heavy atom. The van der Waals surface area contributed by atoms with Gasteiger partial charge >= 0.3 is 0 Å². The molecule has 0 saturated heterocycles. The lowest BCUT2D eigenvalue weighted by Gasteiger charge is -2.02. The summed E-state index contributed by atoms with van der Waals surface area (Å²) in [6, 6.07) is 0.633. The monoisotopic (exact) mass is 233 g/mol. The Morgan fingerprint density at radius 3 is 2.53 bits per heavy atom. The van der Waals surface area contributed by atoms with Crippen molar-refractivity contribution in [2.45, 2.75) is 38.1 Å². The Bertz CT molecular complexity index is 307. The van der Waals surface area contributed by atoms with E-state index in [0.717, 1.165) is 6.54 Å². The molecule has 0 aliphatic heterocycles. The highest BCUT2D eigenvalue weighted by Gasteiger charge is 2.19. The van der Waals surface area contributed by atoms with Gasteiger partial charge in [0.2, 0.25) is 0 Å². The van der Waals surface area contributed by atoms with Crippen molar-refractivity contribution >= 4 is 15.6 Å². The van der Waals surface area contributed by atoms with Crippen molar-refractivity contribution < 1.29 is 13.2 Å². The van der Waals surface area contributed by atoms with Crippen molar-refractivity contribution in [1.29, 1.82) is 0 Å². The summed E-state index contributed by atoms with van der Waals surface area (Å²) in [7, 11) is -2.91. The number of ketones is 1. The Balaban J connectivity index is 1.97. The molecule has 1 saturated carbocycles. The first-order chi connectivity index (χ1) is 6.97. The Morgan fingerprint density at radius 1 is 1.33 bits per heavy atom. The van der Waals surface area contributed by atoms with E-state index in [4.69, 9.17) is 0 Å². The predicted octanol–water partition coefficient (Wildman–Crippen LogP) is 0.522. The minimum atomic E-state index is -2.91. The van der Waals surface area contributed by atoms with Crippen LogP contribution in [0.15, 0.2) is 0 Å². The molecule has 0 spiro atoms. The summed E-state index contributed by atoms with van der Waals surface area (Å²) in [5.74, 6) is 0.279. The van der Waals surface area contributed by atoms with Crippen LogP contribution in [-0.4, -0.2) is 38.8 Å². The fourth-order valence-corrected chi connectivity index (χ4v) is 2.03. The SMILES string of the molecule is CS(=O)(=O)CCCC(=O)CCNC1CC1. The van der Waals surface area contributed by atoms with Gasteiger partial charge < -0.3 is 5.32 Å². The van der Waals surface area contributed by atoms with E-state index in [1.807, 2.05) is 0 Å². The molecule has 0 bridgehead atoms. The molecule has 0 aromatic heterocycles. The molecule has 1 aliphatic rings. The molecule has 5 heteroatoms. The van der Waals surface area contributed by atoms with Gasteiger partial charge in [0.25, 0.3) is 0 Å². The van der Waals surface area contributed by atoms with Crippen LogP contribution in [0.1, 0.15) is 32.1 Å².